The Balaban J connectivity index is 1.83. The Hall–Kier alpha value is -2.45. The molecule has 2 aromatic rings. The number of carbonyl (C=O) groups is 1. The van der Waals surface area contributed by atoms with E-state index in [1.165, 1.54) is 10.4 Å². The molecule has 9 heteroatoms. The first-order chi connectivity index (χ1) is 13.7. The highest BCUT2D eigenvalue weighted by atomic mass is 35.5. The number of ether oxygens (including phenoxy) is 2. The number of fused-ring (bicyclic) bond motifs is 1. The molecule has 1 amide bonds. The molecule has 0 saturated carbocycles. The molecule has 0 aliphatic carbocycles. The number of anilines is 1. The lowest BCUT2D eigenvalue weighted by Crippen LogP contribution is -2.40. The van der Waals surface area contributed by atoms with E-state index in [9.17, 15) is 13.2 Å². The third-order valence-electron chi connectivity index (χ3n) is 4.71. The second kappa shape index (κ2) is 8.51. The molecule has 1 aliphatic heterocycles. The summed E-state index contributed by atoms with van der Waals surface area (Å²) in [4.78, 5) is 12.9. The molecule has 1 aliphatic rings. The minimum atomic E-state index is -3.56. The first-order valence-corrected chi connectivity index (χ1v) is 11.3. The number of methoxy groups -OCH3 is 1. The lowest BCUT2D eigenvalue weighted by Gasteiger charge is -2.21. The fourth-order valence-corrected chi connectivity index (χ4v) is 4.39. The highest BCUT2D eigenvalue weighted by Crippen LogP contribution is 2.36. The SMILES string of the molecule is COc1ccccc1C(C)NC(=O)C1CCN(S(C)(=O)=O)c2cc(Cl)ccc2O1. The van der Waals surface area contributed by atoms with Gasteiger partial charge in [-0.25, -0.2) is 8.42 Å². The molecule has 0 spiro atoms. The summed E-state index contributed by atoms with van der Waals surface area (Å²) in [6, 6.07) is 11.8. The van der Waals surface area contributed by atoms with Crippen molar-refractivity contribution in [3.63, 3.8) is 0 Å². The summed E-state index contributed by atoms with van der Waals surface area (Å²) < 4.78 is 36.9. The predicted octanol–water partition coefficient (Wildman–Crippen LogP) is 3.14. The normalized spacial score (nSPS) is 17.5. The van der Waals surface area contributed by atoms with Crippen LogP contribution in [0.5, 0.6) is 11.5 Å². The molecule has 156 valence electrons. The maximum atomic E-state index is 12.9. The molecule has 3 rings (SSSR count). The Labute approximate surface area is 175 Å². The van der Waals surface area contributed by atoms with E-state index in [0.29, 0.717) is 22.2 Å². The number of rotatable bonds is 5. The quantitative estimate of drug-likeness (QED) is 0.775. The van der Waals surface area contributed by atoms with Gasteiger partial charge in [0.05, 0.1) is 25.1 Å². The number of amides is 1. The van der Waals surface area contributed by atoms with Crippen molar-refractivity contribution in [1.29, 1.82) is 0 Å². The Morgan fingerprint density at radius 3 is 2.72 bits per heavy atom. The minimum Gasteiger partial charge on any atom is -0.496 e. The first kappa shape index (κ1) is 21.3. The Morgan fingerprint density at radius 2 is 2.03 bits per heavy atom. The van der Waals surface area contributed by atoms with Gasteiger partial charge in [0, 0.05) is 23.6 Å². The molecule has 0 bridgehead atoms. The lowest BCUT2D eigenvalue weighted by atomic mass is 10.1. The number of para-hydroxylation sites is 1. The molecule has 2 unspecified atom stereocenters. The van der Waals surface area contributed by atoms with Crippen LogP contribution in [-0.2, 0) is 14.8 Å². The van der Waals surface area contributed by atoms with Gasteiger partial charge in [0.25, 0.3) is 5.91 Å². The first-order valence-electron chi connectivity index (χ1n) is 9.08. The summed E-state index contributed by atoms with van der Waals surface area (Å²) in [6.07, 6.45) is 0.463. The molecular formula is C20H23ClN2O5S. The second-order valence-electron chi connectivity index (χ2n) is 6.81. The van der Waals surface area contributed by atoms with Crippen molar-refractivity contribution in [2.75, 3.05) is 24.2 Å². The largest absolute Gasteiger partial charge is 0.496 e. The Morgan fingerprint density at radius 1 is 1.31 bits per heavy atom. The number of carbonyl (C=O) groups excluding carboxylic acids is 1. The molecule has 1 N–H and O–H groups in total. The Kier molecular flexibility index (Phi) is 6.24. The number of hydrogen-bond acceptors (Lipinski definition) is 5. The summed E-state index contributed by atoms with van der Waals surface area (Å²) in [5.41, 5.74) is 1.16. The number of benzene rings is 2. The van der Waals surface area contributed by atoms with Crippen molar-refractivity contribution in [2.45, 2.75) is 25.5 Å². The van der Waals surface area contributed by atoms with Crippen molar-refractivity contribution in [3.8, 4) is 11.5 Å². The van der Waals surface area contributed by atoms with E-state index in [1.54, 1.807) is 19.2 Å². The maximum absolute atomic E-state index is 12.9. The number of nitrogens with zero attached hydrogens (tertiary/aromatic N) is 1. The molecule has 2 atom stereocenters. The fraction of sp³-hybridized carbons (Fsp3) is 0.350. The van der Waals surface area contributed by atoms with E-state index in [2.05, 4.69) is 5.32 Å². The summed E-state index contributed by atoms with van der Waals surface area (Å²) in [7, 11) is -1.98. The van der Waals surface area contributed by atoms with Gasteiger partial charge in [-0.1, -0.05) is 29.8 Å². The van der Waals surface area contributed by atoms with Gasteiger partial charge >= 0.3 is 0 Å². The van der Waals surface area contributed by atoms with E-state index in [-0.39, 0.29) is 24.9 Å². The zero-order valence-corrected chi connectivity index (χ0v) is 18.0. The average molecular weight is 439 g/mol. The standard InChI is InChI=1S/C20H23ClN2O5S/c1-13(15-6-4-5-7-17(15)27-2)22-20(24)19-10-11-23(29(3,25)26)16-12-14(21)8-9-18(16)28-19/h4-9,12-13,19H,10-11H2,1-3H3,(H,22,24). The van der Waals surface area contributed by atoms with Crippen LogP contribution in [0.3, 0.4) is 0 Å². The number of hydrogen-bond donors (Lipinski definition) is 1. The van der Waals surface area contributed by atoms with Gasteiger partial charge in [-0.3, -0.25) is 9.10 Å². The van der Waals surface area contributed by atoms with E-state index in [0.717, 1.165) is 11.8 Å². The molecule has 29 heavy (non-hydrogen) atoms. The zero-order chi connectivity index (χ0) is 21.2. The van der Waals surface area contributed by atoms with Gasteiger partial charge in [-0.2, -0.15) is 0 Å². The summed E-state index contributed by atoms with van der Waals surface area (Å²) in [5.74, 6) is 0.632. The molecule has 2 aromatic carbocycles. The molecule has 7 nitrogen and oxygen atoms in total. The van der Waals surface area contributed by atoms with Crippen LogP contribution in [0, 0.1) is 0 Å². The van der Waals surface area contributed by atoms with Crippen molar-refractivity contribution in [1.82, 2.24) is 5.32 Å². The van der Waals surface area contributed by atoms with Crippen LogP contribution >= 0.6 is 11.6 Å². The van der Waals surface area contributed by atoms with Crippen LogP contribution < -0.4 is 19.1 Å². The van der Waals surface area contributed by atoms with Gasteiger partial charge in [0.1, 0.15) is 11.5 Å². The van der Waals surface area contributed by atoms with Crippen molar-refractivity contribution in [3.05, 3.63) is 53.1 Å². The van der Waals surface area contributed by atoms with Crippen LogP contribution in [0.2, 0.25) is 5.02 Å². The monoisotopic (exact) mass is 438 g/mol. The van der Waals surface area contributed by atoms with Crippen LogP contribution in [-0.4, -0.2) is 40.3 Å². The predicted molar refractivity (Wildman–Crippen MR) is 112 cm³/mol. The maximum Gasteiger partial charge on any atom is 0.261 e. The van der Waals surface area contributed by atoms with Crippen molar-refractivity contribution < 1.29 is 22.7 Å². The van der Waals surface area contributed by atoms with Gasteiger partial charge in [-0.15, -0.1) is 0 Å². The van der Waals surface area contributed by atoms with Gasteiger partial charge in [0.2, 0.25) is 10.0 Å². The van der Waals surface area contributed by atoms with Gasteiger partial charge in [0.15, 0.2) is 6.10 Å². The topological polar surface area (TPSA) is 84.9 Å². The van der Waals surface area contributed by atoms with Crippen LogP contribution in [0.1, 0.15) is 24.9 Å². The molecule has 0 aromatic heterocycles. The highest BCUT2D eigenvalue weighted by molar-refractivity contribution is 7.92. The smallest absolute Gasteiger partial charge is 0.261 e. The summed E-state index contributed by atoms with van der Waals surface area (Å²) in [6.45, 7) is 1.95. The second-order valence-corrected chi connectivity index (χ2v) is 9.16. The van der Waals surface area contributed by atoms with Crippen LogP contribution in [0.4, 0.5) is 5.69 Å². The van der Waals surface area contributed by atoms with Crippen LogP contribution in [0.15, 0.2) is 42.5 Å². The summed E-state index contributed by atoms with van der Waals surface area (Å²) in [5, 5.41) is 3.31. The van der Waals surface area contributed by atoms with E-state index < -0.39 is 16.1 Å². The highest BCUT2D eigenvalue weighted by Gasteiger charge is 2.32. The van der Waals surface area contributed by atoms with E-state index in [4.69, 9.17) is 21.1 Å². The molecular weight excluding hydrogens is 416 g/mol. The number of halogens is 1. The lowest BCUT2D eigenvalue weighted by molar-refractivity contribution is -0.128. The molecule has 0 radical (unpaired) electrons. The summed E-state index contributed by atoms with van der Waals surface area (Å²) >= 11 is 6.04. The molecule has 0 fully saturated rings. The van der Waals surface area contributed by atoms with E-state index in [1.807, 2.05) is 31.2 Å². The zero-order valence-electron chi connectivity index (χ0n) is 16.4. The molecule has 0 saturated heterocycles. The van der Waals surface area contributed by atoms with Crippen molar-refractivity contribution >= 4 is 33.2 Å². The van der Waals surface area contributed by atoms with Crippen molar-refractivity contribution in [2.24, 2.45) is 0 Å². The average Bonchev–Trinajstić information content (AvgIpc) is 2.87. The third kappa shape index (κ3) is 4.76. The third-order valence-corrected chi connectivity index (χ3v) is 6.13. The van der Waals surface area contributed by atoms with E-state index >= 15 is 0 Å². The van der Waals surface area contributed by atoms with Gasteiger partial charge in [-0.05, 0) is 31.2 Å². The number of nitrogens with one attached hydrogen (secondary N) is 1. The fourth-order valence-electron chi connectivity index (χ4n) is 3.29. The number of sulfonamides is 1. The van der Waals surface area contributed by atoms with Gasteiger partial charge < -0.3 is 14.8 Å². The van der Waals surface area contributed by atoms with Crippen LogP contribution in [0.25, 0.3) is 0 Å². The Bertz CT molecular complexity index is 1010. The minimum absolute atomic E-state index is 0.104. The molecule has 1 heterocycles.